The smallest absolute Gasteiger partial charge is 0.0904 e. The maximum Gasteiger partial charge on any atom is 0.0904 e. The van der Waals surface area contributed by atoms with Gasteiger partial charge in [-0.2, -0.15) is 0 Å². The van der Waals surface area contributed by atoms with Gasteiger partial charge in [-0.1, -0.05) is 42.0 Å². The van der Waals surface area contributed by atoms with Crippen LogP contribution in [0.25, 0.3) is 10.9 Å². The minimum absolute atomic E-state index is 0.519. The van der Waals surface area contributed by atoms with Crippen LogP contribution in [0, 0.1) is 6.92 Å². The molecule has 3 heteroatoms. The summed E-state index contributed by atoms with van der Waals surface area (Å²) in [6, 6.07) is 18.2. The molecule has 3 rings (SSSR count). The lowest BCUT2D eigenvalue weighted by atomic mass is 10.1. The molecule has 1 N–H and O–H groups in total. The third-order valence-corrected chi connectivity index (χ3v) is 4.54. The van der Waals surface area contributed by atoms with Crippen LogP contribution in [0.1, 0.15) is 17.2 Å². The van der Waals surface area contributed by atoms with Gasteiger partial charge < -0.3 is 5.11 Å². The van der Waals surface area contributed by atoms with Gasteiger partial charge in [0.05, 0.1) is 11.6 Å². The second kappa shape index (κ2) is 6.29. The number of nitrogens with zero attached hydrogens (tertiary/aromatic N) is 1. The Morgan fingerprint density at radius 2 is 1.81 bits per heavy atom. The van der Waals surface area contributed by atoms with Gasteiger partial charge in [-0.05, 0) is 25.1 Å². The molecule has 0 aliphatic rings. The number of thioether (sulfide) groups is 1. The highest BCUT2D eigenvalue weighted by molar-refractivity contribution is 7.99. The molecule has 1 heterocycles. The fourth-order valence-corrected chi connectivity index (χ4v) is 3.15. The zero-order chi connectivity index (χ0) is 14.7. The highest BCUT2D eigenvalue weighted by Crippen LogP contribution is 2.28. The van der Waals surface area contributed by atoms with Gasteiger partial charge in [0, 0.05) is 27.8 Å². The van der Waals surface area contributed by atoms with Crippen LogP contribution in [0.15, 0.2) is 65.7 Å². The summed E-state index contributed by atoms with van der Waals surface area (Å²) in [6.45, 7) is 2.07. The zero-order valence-corrected chi connectivity index (χ0v) is 12.7. The van der Waals surface area contributed by atoms with Crippen molar-refractivity contribution in [1.82, 2.24) is 4.98 Å². The van der Waals surface area contributed by atoms with E-state index < -0.39 is 6.10 Å². The predicted molar refractivity (Wildman–Crippen MR) is 88.6 cm³/mol. The van der Waals surface area contributed by atoms with Crippen molar-refractivity contribution in [2.24, 2.45) is 0 Å². The number of rotatable bonds is 4. The van der Waals surface area contributed by atoms with Crippen LogP contribution in [0.4, 0.5) is 0 Å². The number of hydrogen-bond acceptors (Lipinski definition) is 3. The number of aliphatic hydroxyl groups excluding tert-OH is 1. The summed E-state index contributed by atoms with van der Waals surface area (Å²) in [5, 5.41) is 11.5. The van der Waals surface area contributed by atoms with Crippen molar-refractivity contribution in [3.05, 3.63) is 71.9 Å². The molecule has 0 saturated carbocycles. The Hall–Kier alpha value is -1.84. The maximum atomic E-state index is 10.5. The molecule has 1 atom stereocenters. The Balaban J connectivity index is 1.78. The van der Waals surface area contributed by atoms with Crippen molar-refractivity contribution in [2.75, 3.05) is 5.75 Å². The number of para-hydroxylation sites is 1. The van der Waals surface area contributed by atoms with Crippen molar-refractivity contribution in [3.63, 3.8) is 0 Å². The van der Waals surface area contributed by atoms with Gasteiger partial charge in [0.2, 0.25) is 0 Å². The SMILES string of the molecule is Cc1ccc(SCC(O)c2cccc3cccnc23)cc1. The number of hydrogen-bond donors (Lipinski definition) is 1. The summed E-state index contributed by atoms with van der Waals surface area (Å²) < 4.78 is 0. The number of pyridine rings is 1. The molecular formula is C18H17NOS. The molecule has 2 nitrogen and oxygen atoms in total. The number of fused-ring (bicyclic) bond motifs is 1. The molecule has 0 amide bonds. The van der Waals surface area contributed by atoms with E-state index in [-0.39, 0.29) is 0 Å². The highest BCUT2D eigenvalue weighted by atomic mass is 32.2. The van der Waals surface area contributed by atoms with E-state index in [9.17, 15) is 5.11 Å². The van der Waals surface area contributed by atoms with Gasteiger partial charge in [0.1, 0.15) is 0 Å². The van der Waals surface area contributed by atoms with Crippen LogP contribution in [0.2, 0.25) is 0 Å². The summed E-state index contributed by atoms with van der Waals surface area (Å²) in [5.41, 5.74) is 3.03. The number of aryl methyl sites for hydroxylation is 1. The highest BCUT2D eigenvalue weighted by Gasteiger charge is 2.12. The Labute approximate surface area is 128 Å². The lowest BCUT2D eigenvalue weighted by Crippen LogP contribution is -2.02. The normalized spacial score (nSPS) is 12.5. The summed E-state index contributed by atoms with van der Waals surface area (Å²) in [4.78, 5) is 5.57. The topological polar surface area (TPSA) is 33.1 Å². The lowest BCUT2D eigenvalue weighted by molar-refractivity contribution is 0.205. The van der Waals surface area contributed by atoms with Crippen LogP contribution in [0.3, 0.4) is 0 Å². The molecule has 1 unspecified atom stereocenters. The van der Waals surface area contributed by atoms with Crippen molar-refractivity contribution in [2.45, 2.75) is 17.9 Å². The van der Waals surface area contributed by atoms with E-state index in [1.54, 1.807) is 18.0 Å². The maximum absolute atomic E-state index is 10.5. The fraction of sp³-hybridized carbons (Fsp3) is 0.167. The molecule has 2 aromatic carbocycles. The summed E-state index contributed by atoms with van der Waals surface area (Å²) in [6.07, 6.45) is 1.25. The molecule has 0 fully saturated rings. The molecule has 3 aromatic rings. The van der Waals surface area contributed by atoms with E-state index in [1.807, 2.05) is 30.3 Å². The fourth-order valence-electron chi connectivity index (χ4n) is 2.30. The van der Waals surface area contributed by atoms with E-state index in [0.717, 1.165) is 16.5 Å². The Morgan fingerprint density at radius 3 is 2.62 bits per heavy atom. The van der Waals surface area contributed by atoms with Crippen LogP contribution in [-0.2, 0) is 0 Å². The van der Waals surface area contributed by atoms with Crippen molar-refractivity contribution >= 4 is 22.7 Å². The van der Waals surface area contributed by atoms with Crippen LogP contribution in [0.5, 0.6) is 0 Å². The van der Waals surface area contributed by atoms with Crippen molar-refractivity contribution < 1.29 is 5.11 Å². The molecule has 0 bridgehead atoms. The molecule has 0 saturated heterocycles. The number of aromatic nitrogens is 1. The molecule has 0 radical (unpaired) electrons. The standard InChI is InChI=1S/C18H17NOS/c1-13-7-9-15(10-8-13)21-12-17(20)16-6-2-4-14-5-3-11-19-18(14)16/h2-11,17,20H,12H2,1H3. The average Bonchev–Trinajstić information content (AvgIpc) is 2.53. The summed E-state index contributed by atoms with van der Waals surface area (Å²) in [5.74, 6) is 0.624. The van der Waals surface area contributed by atoms with Gasteiger partial charge in [-0.25, -0.2) is 0 Å². The Kier molecular flexibility index (Phi) is 4.23. The zero-order valence-electron chi connectivity index (χ0n) is 11.9. The number of aliphatic hydroxyl groups is 1. The first-order valence-electron chi connectivity index (χ1n) is 6.95. The van der Waals surface area contributed by atoms with Gasteiger partial charge in [0.25, 0.3) is 0 Å². The van der Waals surface area contributed by atoms with Gasteiger partial charge in [-0.3, -0.25) is 4.98 Å². The van der Waals surface area contributed by atoms with Crippen molar-refractivity contribution in [1.29, 1.82) is 0 Å². The van der Waals surface area contributed by atoms with Crippen LogP contribution < -0.4 is 0 Å². The first-order chi connectivity index (χ1) is 10.2. The van der Waals surface area contributed by atoms with Gasteiger partial charge in [0.15, 0.2) is 0 Å². The predicted octanol–water partition coefficient (Wildman–Crippen LogP) is 4.37. The molecule has 106 valence electrons. The monoisotopic (exact) mass is 295 g/mol. The van der Waals surface area contributed by atoms with E-state index in [2.05, 4.69) is 36.2 Å². The summed E-state index contributed by atoms with van der Waals surface area (Å²) in [7, 11) is 0. The Morgan fingerprint density at radius 1 is 1.05 bits per heavy atom. The molecule has 0 aliphatic heterocycles. The van der Waals surface area contributed by atoms with E-state index >= 15 is 0 Å². The molecule has 0 spiro atoms. The molecule has 0 aliphatic carbocycles. The largest absolute Gasteiger partial charge is 0.387 e. The first kappa shape index (κ1) is 14.1. The quantitative estimate of drug-likeness (QED) is 0.726. The lowest BCUT2D eigenvalue weighted by Gasteiger charge is -2.13. The molecule has 1 aromatic heterocycles. The van der Waals surface area contributed by atoms with Crippen LogP contribution >= 0.6 is 11.8 Å². The molecular weight excluding hydrogens is 278 g/mol. The van der Waals surface area contributed by atoms with E-state index in [0.29, 0.717) is 5.75 Å². The van der Waals surface area contributed by atoms with E-state index in [4.69, 9.17) is 0 Å². The minimum Gasteiger partial charge on any atom is -0.387 e. The second-order valence-corrected chi connectivity index (χ2v) is 6.16. The van der Waals surface area contributed by atoms with Gasteiger partial charge >= 0.3 is 0 Å². The van der Waals surface area contributed by atoms with Crippen LogP contribution in [-0.4, -0.2) is 15.8 Å². The third kappa shape index (κ3) is 3.26. The Bertz CT molecular complexity index is 734. The minimum atomic E-state index is -0.519. The number of benzene rings is 2. The summed E-state index contributed by atoms with van der Waals surface area (Å²) >= 11 is 1.66. The average molecular weight is 295 g/mol. The van der Waals surface area contributed by atoms with Gasteiger partial charge in [-0.15, -0.1) is 11.8 Å². The first-order valence-corrected chi connectivity index (χ1v) is 7.94. The third-order valence-electron chi connectivity index (χ3n) is 3.45. The molecule has 21 heavy (non-hydrogen) atoms. The van der Waals surface area contributed by atoms with Crippen molar-refractivity contribution in [3.8, 4) is 0 Å². The van der Waals surface area contributed by atoms with E-state index in [1.165, 1.54) is 10.5 Å². The second-order valence-electron chi connectivity index (χ2n) is 5.06.